The molecule has 26 heavy (non-hydrogen) atoms. The predicted octanol–water partition coefficient (Wildman–Crippen LogP) is 6.71. The van der Waals surface area contributed by atoms with Gasteiger partial charge in [0.15, 0.2) is 0 Å². The van der Waals surface area contributed by atoms with Crippen LogP contribution in [0.4, 0.5) is 24.5 Å². The van der Waals surface area contributed by atoms with E-state index in [9.17, 15) is 13.2 Å². The lowest BCUT2D eigenvalue weighted by atomic mass is 9.89. The summed E-state index contributed by atoms with van der Waals surface area (Å²) >= 11 is 0. The van der Waals surface area contributed by atoms with Crippen LogP contribution in [0.2, 0.25) is 0 Å². The second-order valence-corrected chi connectivity index (χ2v) is 6.57. The van der Waals surface area contributed by atoms with E-state index in [0.29, 0.717) is 5.70 Å². The number of halogens is 3. The van der Waals surface area contributed by atoms with Crippen LogP contribution in [-0.2, 0) is 0 Å². The number of rotatable bonds is 3. The fourth-order valence-electron chi connectivity index (χ4n) is 2.77. The Balaban J connectivity index is 2.06. The SMILES string of the molecule is Cc1ccc(N(C2=CC=CC(C)(C(F)(F)F)C=C2)c2ccccc2)cc1. The minimum atomic E-state index is -4.34. The molecular weight excluding hydrogens is 335 g/mol. The van der Waals surface area contributed by atoms with Crippen molar-refractivity contribution in [1.82, 2.24) is 0 Å². The summed E-state index contributed by atoms with van der Waals surface area (Å²) in [6.07, 6.45) is 2.79. The number of hydrogen-bond donors (Lipinski definition) is 0. The average Bonchev–Trinajstić information content (AvgIpc) is 2.81. The van der Waals surface area contributed by atoms with Crippen LogP contribution in [0.1, 0.15) is 12.5 Å². The minimum Gasteiger partial charge on any atom is -0.311 e. The molecule has 0 N–H and O–H groups in total. The number of hydrogen-bond acceptors (Lipinski definition) is 1. The Labute approximate surface area is 151 Å². The number of benzene rings is 2. The van der Waals surface area contributed by atoms with Crippen molar-refractivity contribution in [2.24, 2.45) is 5.41 Å². The molecule has 0 heterocycles. The number of aryl methyl sites for hydroxylation is 1. The maximum absolute atomic E-state index is 13.4. The number of allylic oxidation sites excluding steroid dienone is 5. The molecule has 0 saturated carbocycles. The highest BCUT2D eigenvalue weighted by Crippen LogP contribution is 2.42. The maximum atomic E-state index is 13.4. The van der Waals surface area contributed by atoms with Gasteiger partial charge < -0.3 is 4.90 Å². The fraction of sp³-hybridized carbons (Fsp3) is 0.182. The van der Waals surface area contributed by atoms with Gasteiger partial charge in [-0.15, -0.1) is 0 Å². The van der Waals surface area contributed by atoms with Crippen LogP contribution < -0.4 is 4.90 Å². The molecule has 3 rings (SSSR count). The van der Waals surface area contributed by atoms with Crippen LogP contribution in [-0.4, -0.2) is 6.18 Å². The number of nitrogens with zero attached hydrogens (tertiary/aromatic N) is 1. The number of alkyl halides is 3. The normalized spacial score (nSPS) is 19.8. The summed E-state index contributed by atoms with van der Waals surface area (Å²) < 4.78 is 40.2. The van der Waals surface area contributed by atoms with Gasteiger partial charge in [-0.3, -0.25) is 0 Å². The minimum absolute atomic E-state index is 0.671. The van der Waals surface area contributed by atoms with Gasteiger partial charge in [-0.05, 0) is 50.3 Å². The Hall–Kier alpha value is -2.75. The van der Waals surface area contributed by atoms with Crippen molar-refractivity contribution in [1.29, 1.82) is 0 Å². The van der Waals surface area contributed by atoms with Gasteiger partial charge in [-0.1, -0.05) is 54.1 Å². The summed E-state index contributed by atoms with van der Waals surface area (Å²) in [5.41, 5.74) is 1.58. The van der Waals surface area contributed by atoms with Crippen LogP contribution in [0.25, 0.3) is 0 Å². The van der Waals surface area contributed by atoms with Crippen molar-refractivity contribution >= 4 is 11.4 Å². The van der Waals surface area contributed by atoms with E-state index < -0.39 is 11.6 Å². The molecule has 1 nitrogen and oxygen atoms in total. The van der Waals surface area contributed by atoms with Crippen LogP contribution >= 0.6 is 0 Å². The van der Waals surface area contributed by atoms with E-state index in [1.54, 1.807) is 12.2 Å². The van der Waals surface area contributed by atoms with Gasteiger partial charge in [0.25, 0.3) is 0 Å². The monoisotopic (exact) mass is 355 g/mol. The topological polar surface area (TPSA) is 3.24 Å². The number of anilines is 2. The lowest BCUT2D eigenvalue weighted by molar-refractivity contribution is -0.183. The summed E-state index contributed by atoms with van der Waals surface area (Å²) in [5.74, 6) is 0. The Bertz CT molecular complexity index is 845. The zero-order chi connectivity index (χ0) is 18.8. The second-order valence-electron chi connectivity index (χ2n) is 6.57. The van der Waals surface area contributed by atoms with E-state index in [2.05, 4.69) is 0 Å². The highest BCUT2D eigenvalue weighted by molar-refractivity contribution is 5.70. The molecule has 1 unspecified atom stereocenters. The molecule has 0 aliphatic heterocycles. The molecular formula is C22H20F3N. The van der Waals surface area contributed by atoms with Crippen molar-refractivity contribution in [3.05, 3.63) is 96.2 Å². The first-order valence-corrected chi connectivity index (χ1v) is 8.37. The van der Waals surface area contributed by atoms with E-state index >= 15 is 0 Å². The molecule has 0 bridgehead atoms. The highest BCUT2D eigenvalue weighted by atomic mass is 19.4. The van der Waals surface area contributed by atoms with Crippen LogP contribution in [0, 0.1) is 12.3 Å². The Morgan fingerprint density at radius 2 is 1.46 bits per heavy atom. The van der Waals surface area contributed by atoms with Crippen molar-refractivity contribution in [3.8, 4) is 0 Å². The third-order valence-electron chi connectivity index (χ3n) is 4.49. The lowest BCUT2D eigenvalue weighted by Gasteiger charge is -2.27. The summed E-state index contributed by atoms with van der Waals surface area (Å²) in [4.78, 5) is 1.95. The summed E-state index contributed by atoms with van der Waals surface area (Å²) in [6.45, 7) is 3.18. The van der Waals surface area contributed by atoms with Gasteiger partial charge in [-0.2, -0.15) is 13.2 Å². The van der Waals surface area contributed by atoms with E-state index in [1.807, 2.05) is 66.4 Å². The van der Waals surface area contributed by atoms with E-state index in [0.717, 1.165) is 16.9 Å². The Morgan fingerprint density at radius 3 is 2.08 bits per heavy atom. The van der Waals surface area contributed by atoms with E-state index in [4.69, 9.17) is 0 Å². The first-order chi connectivity index (χ1) is 12.3. The molecule has 0 saturated heterocycles. The average molecular weight is 355 g/mol. The molecule has 0 radical (unpaired) electrons. The quantitative estimate of drug-likeness (QED) is 0.591. The zero-order valence-corrected chi connectivity index (χ0v) is 14.7. The predicted molar refractivity (Wildman–Crippen MR) is 100 cm³/mol. The molecule has 4 heteroatoms. The summed E-state index contributed by atoms with van der Waals surface area (Å²) in [7, 11) is 0. The van der Waals surface area contributed by atoms with E-state index in [1.165, 1.54) is 25.2 Å². The Morgan fingerprint density at radius 1 is 0.846 bits per heavy atom. The van der Waals surface area contributed by atoms with Gasteiger partial charge in [0, 0.05) is 17.1 Å². The Kier molecular flexibility index (Phi) is 4.77. The molecule has 134 valence electrons. The smallest absolute Gasteiger partial charge is 0.311 e. The highest BCUT2D eigenvalue weighted by Gasteiger charge is 2.47. The second kappa shape index (κ2) is 6.87. The molecule has 0 fully saturated rings. The van der Waals surface area contributed by atoms with Crippen molar-refractivity contribution in [3.63, 3.8) is 0 Å². The zero-order valence-electron chi connectivity index (χ0n) is 14.7. The lowest BCUT2D eigenvalue weighted by Crippen LogP contribution is -2.31. The number of para-hydroxylation sites is 1. The molecule has 2 aromatic rings. The fourth-order valence-corrected chi connectivity index (χ4v) is 2.77. The van der Waals surface area contributed by atoms with Crippen LogP contribution in [0.5, 0.6) is 0 Å². The van der Waals surface area contributed by atoms with Crippen molar-refractivity contribution in [2.75, 3.05) is 4.90 Å². The molecule has 0 amide bonds. The standard InChI is InChI=1S/C22H20F3N/c1-17-10-12-20(13-11-17)26(18-7-4-3-5-8-18)19-9-6-15-21(2,16-14-19)22(23,24)25/h3-16H,1-2H3. The summed E-state index contributed by atoms with van der Waals surface area (Å²) in [6, 6.07) is 17.5. The molecule has 0 aromatic heterocycles. The first-order valence-electron chi connectivity index (χ1n) is 8.37. The molecule has 1 aliphatic rings. The van der Waals surface area contributed by atoms with Gasteiger partial charge in [0.1, 0.15) is 0 Å². The largest absolute Gasteiger partial charge is 0.400 e. The van der Waals surface area contributed by atoms with Crippen molar-refractivity contribution < 1.29 is 13.2 Å². The molecule has 0 spiro atoms. The van der Waals surface area contributed by atoms with Crippen molar-refractivity contribution in [2.45, 2.75) is 20.0 Å². The summed E-state index contributed by atoms with van der Waals surface area (Å²) in [5, 5.41) is 0. The third kappa shape index (κ3) is 3.59. The molecule has 1 atom stereocenters. The van der Waals surface area contributed by atoms with Gasteiger partial charge in [0.05, 0.1) is 5.41 Å². The molecule has 2 aromatic carbocycles. The van der Waals surface area contributed by atoms with Crippen LogP contribution in [0.15, 0.2) is 90.7 Å². The van der Waals surface area contributed by atoms with Gasteiger partial charge in [-0.25, -0.2) is 0 Å². The maximum Gasteiger partial charge on any atom is 0.400 e. The van der Waals surface area contributed by atoms with E-state index in [-0.39, 0.29) is 0 Å². The van der Waals surface area contributed by atoms with Gasteiger partial charge in [0.2, 0.25) is 0 Å². The molecule has 1 aliphatic carbocycles. The third-order valence-corrected chi connectivity index (χ3v) is 4.49. The first kappa shape index (κ1) is 18.1. The van der Waals surface area contributed by atoms with Crippen LogP contribution in [0.3, 0.4) is 0 Å². The van der Waals surface area contributed by atoms with Gasteiger partial charge >= 0.3 is 6.18 Å².